The largest absolute Gasteiger partial charge is 0.461 e. The van der Waals surface area contributed by atoms with Gasteiger partial charge in [0.25, 0.3) is 20.0 Å². The number of aromatic nitrogens is 6. The molecule has 0 aliphatic heterocycles. The fourth-order valence-corrected chi connectivity index (χ4v) is 7.03. The van der Waals surface area contributed by atoms with Crippen LogP contribution in [-0.4, -0.2) is 82.4 Å². The van der Waals surface area contributed by atoms with Crippen LogP contribution in [0.15, 0.2) is 55.9 Å². The zero-order chi connectivity index (χ0) is 26.5. The molecule has 4 rings (SSSR count). The van der Waals surface area contributed by atoms with Gasteiger partial charge in [0.1, 0.15) is 0 Å². The van der Waals surface area contributed by atoms with E-state index in [4.69, 9.17) is 13.6 Å². The van der Waals surface area contributed by atoms with Crippen molar-refractivity contribution in [2.45, 2.75) is 23.2 Å². The Hall–Kier alpha value is -2.60. The monoisotopic (exact) mass is 588 g/mol. The maximum absolute atomic E-state index is 12.8. The van der Waals surface area contributed by atoms with Crippen LogP contribution in [0.4, 0.5) is 0 Å². The molecule has 4 heterocycles. The molecule has 0 saturated carbocycles. The molecular weight excluding hydrogens is 565 g/mol. The summed E-state index contributed by atoms with van der Waals surface area (Å²) in [4.78, 5) is 8.49. The smallest absolute Gasteiger partial charge is 0.256 e. The third-order valence-electron chi connectivity index (χ3n) is 4.74. The molecule has 4 aromatic heterocycles. The van der Waals surface area contributed by atoms with Crippen molar-refractivity contribution in [2.24, 2.45) is 0 Å². The van der Waals surface area contributed by atoms with Crippen LogP contribution in [0.25, 0.3) is 23.2 Å². The highest BCUT2D eigenvalue weighted by molar-refractivity contribution is 8.00. The Bertz CT molecular complexity index is 1510. The minimum Gasteiger partial charge on any atom is -0.461 e. The first-order chi connectivity index (χ1) is 17.7. The quantitative estimate of drug-likeness (QED) is 0.156. The summed E-state index contributed by atoms with van der Waals surface area (Å²) in [7, 11) is -7.35. The molecule has 37 heavy (non-hydrogen) atoms. The summed E-state index contributed by atoms with van der Waals surface area (Å²) in [6, 6.07) is 6.64. The summed E-state index contributed by atoms with van der Waals surface area (Å²) < 4.78 is 67.6. The zero-order valence-electron chi connectivity index (χ0n) is 19.9. The van der Waals surface area contributed by atoms with Gasteiger partial charge in [-0.2, -0.15) is 9.97 Å². The van der Waals surface area contributed by atoms with Gasteiger partial charge >= 0.3 is 0 Å². The summed E-state index contributed by atoms with van der Waals surface area (Å²) in [5, 5.41) is 8.60. The molecule has 17 heteroatoms. The van der Waals surface area contributed by atoms with Gasteiger partial charge in [-0.25, -0.2) is 16.8 Å². The maximum Gasteiger partial charge on any atom is 0.256 e. The minimum atomic E-state index is -3.70. The fraction of sp³-hybridized carbons (Fsp3) is 0.400. The predicted octanol–water partition coefficient (Wildman–Crippen LogP) is 2.69. The van der Waals surface area contributed by atoms with Crippen LogP contribution in [0.5, 0.6) is 0 Å². The number of thioether (sulfide) groups is 2. The molecule has 0 unspecified atom stereocenters. The highest BCUT2D eigenvalue weighted by Crippen LogP contribution is 2.24. The van der Waals surface area contributed by atoms with Crippen molar-refractivity contribution in [2.75, 3.05) is 37.2 Å². The number of ether oxygens (including phenoxy) is 1. The van der Waals surface area contributed by atoms with Crippen molar-refractivity contribution in [3.05, 3.63) is 36.8 Å². The van der Waals surface area contributed by atoms with Crippen molar-refractivity contribution in [3.63, 3.8) is 0 Å². The third kappa shape index (κ3) is 6.84. The number of hydrogen-bond donors (Lipinski definition) is 0. The van der Waals surface area contributed by atoms with Crippen LogP contribution >= 0.6 is 23.5 Å². The van der Waals surface area contributed by atoms with Gasteiger partial charge in [0.15, 0.2) is 11.5 Å². The molecule has 0 fully saturated rings. The van der Waals surface area contributed by atoms with E-state index in [1.165, 1.54) is 36.1 Å². The van der Waals surface area contributed by atoms with Crippen molar-refractivity contribution in [3.8, 4) is 23.2 Å². The van der Waals surface area contributed by atoms with Gasteiger partial charge in [-0.1, -0.05) is 23.5 Å². The molecule has 0 N–H and O–H groups in total. The number of rotatable bonds is 14. The normalized spacial score (nSPS) is 12.4. The van der Waals surface area contributed by atoms with E-state index in [0.717, 1.165) is 14.4 Å². The second-order valence-corrected chi connectivity index (χ2v) is 13.1. The van der Waals surface area contributed by atoms with Gasteiger partial charge in [0.2, 0.25) is 22.0 Å². The Morgan fingerprint density at radius 1 is 0.892 bits per heavy atom. The van der Waals surface area contributed by atoms with E-state index in [0.29, 0.717) is 43.3 Å². The Balaban J connectivity index is 1.22. The van der Waals surface area contributed by atoms with Crippen LogP contribution in [0.2, 0.25) is 0 Å². The lowest BCUT2D eigenvalue weighted by molar-refractivity contribution is 0.147. The fourth-order valence-electron chi connectivity index (χ4n) is 3.07. The van der Waals surface area contributed by atoms with Crippen LogP contribution < -0.4 is 0 Å². The first-order valence-corrected chi connectivity index (χ1v) is 16.6. The van der Waals surface area contributed by atoms with Crippen LogP contribution in [0, 0.1) is 0 Å². The Labute approximate surface area is 222 Å². The van der Waals surface area contributed by atoms with Crippen molar-refractivity contribution < 1.29 is 30.4 Å². The average molecular weight is 589 g/mol. The lowest BCUT2D eigenvalue weighted by Gasteiger charge is -2.07. The predicted molar refractivity (Wildman–Crippen MR) is 137 cm³/mol. The number of nitrogens with zero attached hydrogens (tertiary/aromatic N) is 6. The molecule has 0 saturated heterocycles. The summed E-state index contributed by atoms with van der Waals surface area (Å²) in [5.41, 5.74) is 0. The number of unbranched alkanes of at least 4 members (excludes halogenated alkanes) is 1. The summed E-state index contributed by atoms with van der Waals surface area (Å²) in [5.74, 6) is 1.45. The van der Waals surface area contributed by atoms with Gasteiger partial charge in [0, 0.05) is 12.4 Å². The molecule has 13 nitrogen and oxygen atoms in total. The van der Waals surface area contributed by atoms with Gasteiger partial charge in [0.05, 0.1) is 31.1 Å². The van der Waals surface area contributed by atoms with Crippen molar-refractivity contribution in [1.82, 2.24) is 28.3 Å². The molecule has 0 aromatic carbocycles. The third-order valence-corrected chi connectivity index (χ3v) is 8.97. The second-order valence-electron chi connectivity index (χ2n) is 7.53. The van der Waals surface area contributed by atoms with Gasteiger partial charge in [-0.3, -0.25) is 0 Å². The van der Waals surface area contributed by atoms with Gasteiger partial charge in [-0.15, -0.1) is 18.4 Å². The Morgan fingerprint density at radius 2 is 1.51 bits per heavy atom. The lowest BCUT2D eigenvalue weighted by Crippen LogP contribution is -2.19. The molecule has 0 aliphatic carbocycles. The van der Waals surface area contributed by atoms with E-state index in [1.54, 1.807) is 30.5 Å². The summed E-state index contributed by atoms with van der Waals surface area (Å²) in [6.07, 6.45) is 6.57. The van der Waals surface area contributed by atoms with Gasteiger partial charge in [-0.05, 0) is 43.4 Å². The molecular formula is C20H24N6O7S4. The van der Waals surface area contributed by atoms with E-state index >= 15 is 0 Å². The van der Waals surface area contributed by atoms with E-state index in [-0.39, 0.29) is 27.7 Å². The van der Waals surface area contributed by atoms with E-state index in [1.807, 2.05) is 0 Å². The average Bonchev–Trinajstić information content (AvgIpc) is 3.65. The second kappa shape index (κ2) is 11.8. The molecule has 0 atom stereocenters. The highest BCUT2D eigenvalue weighted by atomic mass is 32.2. The molecule has 0 aliphatic rings. The number of furan rings is 2. The van der Waals surface area contributed by atoms with E-state index in [9.17, 15) is 16.8 Å². The molecule has 200 valence electrons. The van der Waals surface area contributed by atoms with Crippen molar-refractivity contribution >= 4 is 43.6 Å². The molecule has 0 amide bonds. The van der Waals surface area contributed by atoms with E-state index in [2.05, 4.69) is 20.2 Å². The molecule has 0 spiro atoms. The van der Waals surface area contributed by atoms with Crippen LogP contribution in [0.3, 0.4) is 0 Å². The minimum absolute atomic E-state index is 0.118. The first kappa shape index (κ1) is 27.4. The zero-order valence-corrected chi connectivity index (χ0v) is 23.1. The first-order valence-electron chi connectivity index (χ1n) is 10.9. The molecule has 0 radical (unpaired) electrons. The van der Waals surface area contributed by atoms with Crippen molar-refractivity contribution in [1.29, 1.82) is 0 Å². The summed E-state index contributed by atoms with van der Waals surface area (Å²) >= 11 is 2.36. The maximum atomic E-state index is 12.8. The summed E-state index contributed by atoms with van der Waals surface area (Å²) in [6.45, 7) is 0.660. The Morgan fingerprint density at radius 3 is 2.08 bits per heavy atom. The van der Waals surface area contributed by atoms with Gasteiger partial charge < -0.3 is 13.6 Å². The SMILES string of the molecule is CSc1nc(-c2ccco2)nn1S(=O)(=O)CCCCOCCSc1nc(-c2ccco2)nn1S(C)(=O)=O. The van der Waals surface area contributed by atoms with Crippen LogP contribution in [-0.2, 0) is 24.8 Å². The van der Waals surface area contributed by atoms with Crippen LogP contribution in [0.1, 0.15) is 12.8 Å². The Kier molecular flexibility index (Phi) is 8.79. The highest BCUT2D eigenvalue weighted by Gasteiger charge is 2.23. The van der Waals surface area contributed by atoms with E-state index < -0.39 is 20.0 Å². The lowest BCUT2D eigenvalue weighted by atomic mass is 10.4. The topological polar surface area (TPSA) is 165 Å². The standard InChI is InChI=1S/C20H24N6O7S4/c1-34-19-21-17(15-7-5-10-32-15)24-26(19)37(29,30)14-4-3-9-31-12-13-35-20-22-18(16-8-6-11-33-16)23-25(20)36(2,27)28/h5-8,10-11H,3-4,9,12-14H2,1-2H3. The number of hydrogen-bond acceptors (Lipinski definition) is 13. The molecule has 4 aromatic rings. The molecule has 0 bridgehead atoms.